The second-order valence-corrected chi connectivity index (χ2v) is 8.00. The monoisotopic (exact) mass is 250 g/mol. The van der Waals surface area contributed by atoms with E-state index in [1.807, 2.05) is 6.08 Å². The summed E-state index contributed by atoms with van der Waals surface area (Å²) in [5.41, 5.74) is 2.51. The molecule has 0 aromatic heterocycles. The van der Waals surface area contributed by atoms with Gasteiger partial charge in [0.05, 0.1) is 0 Å². The third-order valence-corrected chi connectivity index (χ3v) is 4.65. The third-order valence-electron chi connectivity index (χ3n) is 2.77. The van der Waals surface area contributed by atoms with Crippen LogP contribution in [0, 0.1) is 0 Å². The van der Waals surface area contributed by atoms with Crippen molar-refractivity contribution in [2.24, 2.45) is 0 Å². The van der Waals surface area contributed by atoms with E-state index in [1.165, 1.54) is 5.56 Å². The van der Waals surface area contributed by atoms with Gasteiger partial charge in [0.15, 0.2) is 0 Å². The fraction of sp³-hybridized carbons (Fsp3) is 0.429. The molecule has 0 aliphatic heterocycles. The molecular weight excluding hydrogens is 228 g/mol. The molecular formula is C14H22O2Si. The fourth-order valence-corrected chi connectivity index (χ4v) is 2.23. The lowest BCUT2D eigenvalue weighted by Gasteiger charge is -2.19. The number of aryl methyl sites for hydroxylation is 1. The summed E-state index contributed by atoms with van der Waals surface area (Å²) in [5, 5.41) is 0. The Kier molecular flexibility index (Phi) is 5.61. The lowest BCUT2D eigenvalue weighted by atomic mass is 10.1. The average molecular weight is 250 g/mol. The highest BCUT2D eigenvalue weighted by molar-refractivity contribution is 6.64. The van der Waals surface area contributed by atoms with Gasteiger partial charge < -0.3 is 8.85 Å². The number of rotatable bonds is 7. The second-order valence-electron chi connectivity index (χ2n) is 4.50. The first-order chi connectivity index (χ1) is 8.07. The molecule has 0 amide bonds. The number of hydrogen-bond acceptors (Lipinski definition) is 2. The minimum atomic E-state index is -1.84. The van der Waals surface area contributed by atoms with Gasteiger partial charge in [-0.3, -0.25) is 0 Å². The molecule has 2 nitrogen and oxygen atoms in total. The van der Waals surface area contributed by atoms with Crippen molar-refractivity contribution in [1.82, 2.24) is 0 Å². The number of benzene rings is 1. The van der Waals surface area contributed by atoms with Gasteiger partial charge in [-0.2, -0.15) is 0 Å². The minimum Gasteiger partial charge on any atom is -0.398 e. The molecule has 0 saturated heterocycles. The summed E-state index contributed by atoms with van der Waals surface area (Å²) in [5.74, 6) is 0. The molecule has 0 saturated carbocycles. The maximum Gasteiger partial charge on any atom is 0.331 e. The van der Waals surface area contributed by atoms with E-state index in [0.29, 0.717) is 0 Å². The van der Waals surface area contributed by atoms with E-state index in [-0.39, 0.29) is 0 Å². The van der Waals surface area contributed by atoms with Gasteiger partial charge >= 0.3 is 8.56 Å². The van der Waals surface area contributed by atoms with Gasteiger partial charge in [0.1, 0.15) is 0 Å². The molecule has 0 heterocycles. The normalized spacial score (nSPS) is 11.5. The van der Waals surface area contributed by atoms with Gasteiger partial charge in [-0.15, -0.1) is 0 Å². The first-order valence-corrected chi connectivity index (χ1v) is 8.79. The topological polar surface area (TPSA) is 18.5 Å². The van der Waals surface area contributed by atoms with E-state index in [1.54, 1.807) is 7.11 Å². The predicted molar refractivity (Wildman–Crippen MR) is 75.3 cm³/mol. The van der Waals surface area contributed by atoms with Crippen LogP contribution in [0.1, 0.15) is 17.5 Å². The van der Waals surface area contributed by atoms with Crippen LogP contribution in [-0.2, 0) is 15.3 Å². The van der Waals surface area contributed by atoms with Crippen molar-refractivity contribution in [2.45, 2.75) is 25.9 Å². The van der Waals surface area contributed by atoms with Crippen molar-refractivity contribution >= 4 is 14.6 Å². The van der Waals surface area contributed by atoms with Crippen LogP contribution in [0.5, 0.6) is 0 Å². The molecule has 0 fully saturated rings. The summed E-state index contributed by atoms with van der Waals surface area (Å²) in [6.45, 7) is 8.64. The maximum atomic E-state index is 5.75. The molecule has 0 aliphatic rings. The first kappa shape index (κ1) is 14.2. The Labute approximate surface area is 106 Å². The number of hydrogen-bond donors (Lipinski definition) is 0. The zero-order valence-corrected chi connectivity index (χ0v) is 12.0. The van der Waals surface area contributed by atoms with Crippen molar-refractivity contribution in [1.29, 1.82) is 0 Å². The SMILES string of the molecule is C=Cc1ccc(CCCO[Si](C)(C)OC)cc1. The van der Waals surface area contributed by atoms with Gasteiger partial charge in [-0.25, -0.2) is 0 Å². The van der Waals surface area contributed by atoms with Crippen LogP contribution in [0.3, 0.4) is 0 Å². The van der Waals surface area contributed by atoms with Crippen LogP contribution < -0.4 is 0 Å². The quantitative estimate of drug-likeness (QED) is 0.543. The molecule has 0 unspecified atom stereocenters. The van der Waals surface area contributed by atoms with Gasteiger partial charge in [0.25, 0.3) is 0 Å². The highest BCUT2D eigenvalue weighted by atomic mass is 28.4. The maximum absolute atomic E-state index is 5.75. The van der Waals surface area contributed by atoms with Crippen LogP contribution in [-0.4, -0.2) is 22.3 Å². The van der Waals surface area contributed by atoms with E-state index in [2.05, 4.69) is 43.9 Å². The first-order valence-electron chi connectivity index (χ1n) is 5.98. The molecule has 0 N–H and O–H groups in total. The van der Waals surface area contributed by atoms with Gasteiger partial charge in [0, 0.05) is 13.7 Å². The van der Waals surface area contributed by atoms with Crippen LogP contribution >= 0.6 is 0 Å². The Morgan fingerprint density at radius 2 is 1.88 bits per heavy atom. The smallest absolute Gasteiger partial charge is 0.331 e. The van der Waals surface area contributed by atoms with E-state index in [4.69, 9.17) is 8.85 Å². The fourth-order valence-electron chi connectivity index (χ4n) is 1.47. The van der Waals surface area contributed by atoms with E-state index >= 15 is 0 Å². The average Bonchev–Trinajstić information content (AvgIpc) is 2.35. The minimum absolute atomic E-state index is 0.774. The second kappa shape index (κ2) is 6.74. The zero-order valence-electron chi connectivity index (χ0n) is 11.0. The molecule has 94 valence electrons. The molecule has 0 aliphatic carbocycles. The molecule has 0 spiro atoms. The van der Waals surface area contributed by atoms with E-state index in [9.17, 15) is 0 Å². The molecule has 0 bridgehead atoms. The highest BCUT2D eigenvalue weighted by Crippen LogP contribution is 2.09. The van der Waals surface area contributed by atoms with Crippen molar-refractivity contribution < 1.29 is 8.85 Å². The van der Waals surface area contributed by atoms with Crippen molar-refractivity contribution in [3.8, 4) is 0 Å². The van der Waals surface area contributed by atoms with Crippen molar-refractivity contribution in [3.63, 3.8) is 0 Å². The van der Waals surface area contributed by atoms with Crippen LogP contribution in [0.4, 0.5) is 0 Å². The molecule has 3 heteroatoms. The van der Waals surface area contributed by atoms with Gasteiger partial charge in [-0.05, 0) is 37.1 Å². The Hall–Kier alpha value is -0.903. The largest absolute Gasteiger partial charge is 0.398 e. The van der Waals surface area contributed by atoms with Crippen LogP contribution in [0.25, 0.3) is 6.08 Å². The zero-order chi connectivity index (χ0) is 12.7. The summed E-state index contributed by atoms with van der Waals surface area (Å²) in [6.07, 6.45) is 3.94. The van der Waals surface area contributed by atoms with Crippen LogP contribution in [0.2, 0.25) is 13.1 Å². The summed E-state index contributed by atoms with van der Waals surface area (Å²) >= 11 is 0. The molecule has 1 aromatic rings. The Bertz CT molecular complexity index is 344. The molecule has 1 aromatic carbocycles. The summed E-state index contributed by atoms with van der Waals surface area (Å²) in [4.78, 5) is 0. The van der Waals surface area contributed by atoms with Gasteiger partial charge in [0.2, 0.25) is 0 Å². The summed E-state index contributed by atoms with van der Waals surface area (Å²) in [7, 11) is -0.121. The lowest BCUT2D eigenvalue weighted by molar-refractivity contribution is 0.208. The lowest BCUT2D eigenvalue weighted by Crippen LogP contribution is -2.33. The summed E-state index contributed by atoms with van der Waals surface area (Å²) in [6, 6.07) is 8.49. The van der Waals surface area contributed by atoms with Crippen molar-refractivity contribution in [3.05, 3.63) is 42.0 Å². The van der Waals surface area contributed by atoms with Crippen LogP contribution in [0.15, 0.2) is 30.8 Å². The molecule has 17 heavy (non-hydrogen) atoms. The highest BCUT2D eigenvalue weighted by Gasteiger charge is 2.21. The Balaban J connectivity index is 2.28. The summed E-state index contributed by atoms with van der Waals surface area (Å²) < 4.78 is 11.1. The van der Waals surface area contributed by atoms with E-state index < -0.39 is 8.56 Å². The molecule has 0 radical (unpaired) electrons. The van der Waals surface area contributed by atoms with Crippen molar-refractivity contribution in [2.75, 3.05) is 13.7 Å². The predicted octanol–water partition coefficient (Wildman–Crippen LogP) is 3.63. The standard InChI is InChI=1S/C14H22O2Si/c1-5-13-8-10-14(11-9-13)7-6-12-16-17(3,4)15-2/h5,8-11H,1,6-7,12H2,2-4H3. The third kappa shape index (κ3) is 5.30. The van der Waals surface area contributed by atoms with Gasteiger partial charge in [-0.1, -0.05) is 36.9 Å². The van der Waals surface area contributed by atoms with E-state index in [0.717, 1.165) is 25.0 Å². The Morgan fingerprint density at radius 3 is 2.41 bits per heavy atom. The molecule has 0 atom stereocenters. The molecule has 1 rings (SSSR count). The Morgan fingerprint density at radius 1 is 1.24 bits per heavy atom.